The van der Waals surface area contributed by atoms with Crippen molar-refractivity contribution in [3.63, 3.8) is 0 Å². The summed E-state index contributed by atoms with van der Waals surface area (Å²) in [5.74, 6) is 2.76. The van der Waals surface area contributed by atoms with E-state index in [9.17, 15) is 0 Å². The Morgan fingerprint density at radius 1 is 0.944 bits per heavy atom. The lowest BCUT2D eigenvalue weighted by Gasteiger charge is -2.38. The van der Waals surface area contributed by atoms with Crippen LogP contribution in [0.4, 0.5) is 0 Å². The van der Waals surface area contributed by atoms with Crippen molar-refractivity contribution in [2.45, 2.75) is 70.1 Å². The summed E-state index contributed by atoms with van der Waals surface area (Å²) < 4.78 is 0. The highest BCUT2D eigenvalue weighted by Crippen LogP contribution is 2.48. The first-order valence-corrected chi connectivity index (χ1v) is 7.99. The van der Waals surface area contributed by atoms with Crippen molar-refractivity contribution in [2.24, 2.45) is 5.92 Å². The van der Waals surface area contributed by atoms with E-state index in [2.05, 4.69) is 19.1 Å². The topological polar surface area (TPSA) is 0 Å². The van der Waals surface area contributed by atoms with Crippen LogP contribution in [-0.4, -0.2) is 0 Å². The predicted octanol–water partition coefficient (Wildman–Crippen LogP) is 4.96. The molecule has 3 aliphatic carbocycles. The van der Waals surface area contributed by atoms with Gasteiger partial charge in [-0.05, 0) is 78.5 Å². The molecule has 0 spiro atoms. The molecule has 96 valence electrons. The highest BCUT2D eigenvalue weighted by molar-refractivity contribution is 5.48. The van der Waals surface area contributed by atoms with E-state index in [-0.39, 0.29) is 0 Å². The molecule has 0 aromatic heterocycles. The van der Waals surface area contributed by atoms with Crippen molar-refractivity contribution in [2.75, 3.05) is 0 Å². The summed E-state index contributed by atoms with van der Waals surface area (Å²) in [6.07, 6.45) is 11.5. The largest absolute Gasteiger partial charge is 0.0585 e. The minimum absolute atomic E-state index is 0.829. The number of fused-ring (bicyclic) bond motifs is 5. The van der Waals surface area contributed by atoms with Crippen LogP contribution in [0.5, 0.6) is 0 Å². The van der Waals surface area contributed by atoms with Gasteiger partial charge < -0.3 is 0 Å². The summed E-state index contributed by atoms with van der Waals surface area (Å²) in [4.78, 5) is 0. The summed E-state index contributed by atoms with van der Waals surface area (Å²) in [5, 5.41) is 0. The fourth-order valence-corrected chi connectivity index (χ4v) is 5.00. The Hall–Kier alpha value is -0.780. The zero-order valence-electron chi connectivity index (χ0n) is 11.5. The molecule has 0 nitrogen and oxygen atoms in total. The molecule has 1 saturated carbocycles. The molecule has 0 aliphatic heterocycles. The standard InChI is InChI=1S/C18H24/c1-12-6-7-14-9-10-16-15-5-3-2-4-13(15)8-11-17(16)18(12)14/h9-10,12-13,15H,2-8,11H2,1H3/t12?,13-,15+/m0/s1. The third-order valence-electron chi connectivity index (χ3n) is 5.90. The molecule has 0 heterocycles. The van der Waals surface area contributed by atoms with Crippen LogP contribution in [0.3, 0.4) is 0 Å². The van der Waals surface area contributed by atoms with Gasteiger partial charge in [0, 0.05) is 0 Å². The van der Waals surface area contributed by atoms with Crippen LogP contribution >= 0.6 is 0 Å². The van der Waals surface area contributed by atoms with Gasteiger partial charge in [-0.2, -0.15) is 0 Å². The normalized spacial score (nSPS) is 33.7. The Morgan fingerprint density at radius 2 is 1.83 bits per heavy atom. The second-order valence-electron chi connectivity index (χ2n) is 6.84. The quantitative estimate of drug-likeness (QED) is 0.601. The van der Waals surface area contributed by atoms with Gasteiger partial charge in [0.05, 0.1) is 0 Å². The van der Waals surface area contributed by atoms with Crippen LogP contribution < -0.4 is 0 Å². The lowest BCUT2D eigenvalue weighted by atomic mass is 9.67. The Bertz CT molecular complexity index is 471. The first-order valence-electron chi connectivity index (χ1n) is 7.99. The van der Waals surface area contributed by atoms with E-state index in [1.807, 2.05) is 0 Å². The molecule has 0 saturated heterocycles. The predicted molar refractivity (Wildman–Crippen MR) is 76.2 cm³/mol. The monoisotopic (exact) mass is 240 g/mol. The third kappa shape index (κ3) is 1.51. The third-order valence-corrected chi connectivity index (χ3v) is 5.90. The van der Waals surface area contributed by atoms with Gasteiger partial charge in [-0.25, -0.2) is 0 Å². The maximum atomic E-state index is 2.51. The van der Waals surface area contributed by atoms with Crippen molar-refractivity contribution in [3.8, 4) is 0 Å². The molecule has 1 aromatic carbocycles. The number of hydrogen-bond acceptors (Lipinski definition) is 0. The second kappa shape index (κ2) is 4.11. The van der Waals surface area contributed by atoms with Crippen LogP contribution in [0.1, 0.15) is 79.5 Å². The number of aryl methyl sites for hydroxylation is 1. The molecule has 0 N–H and O–H groups in total. The van der Waals surface area contributed by atoms with Crippen LogP contribution in [0.15, 0.2) is 12.1 Å². The average molecular weight is 240 g/mol. The van der Waals surface area contributed by atoms with Gasteiger partial charge in [-0.1, -0.05) is 31.9 Å². The van der Waals surface area contributed by atoms with Crippen LogP contribution in [0, 0.1) is 5.92 Å². The Balaban J connectivity index is 1.82. The number of rotatable bonds is 0. The fraction of sp³-hybridized carbons (Fsp3) is 0.667. The van der Waals surface area contributed by atoms with E-state index in [1.54, 1.807) is 22.3 Å². The molecule has 0 bridgehead atoms. The minimum atomic E-state index is 0.829. The van der Waals surface area contributed by atoms with Gasteiger partial charge >= 0.3 is 0 Å². The van der Waals surface area contributed by atoms with E-state index < -0.39 is 0 Å². The maximum absolute atomic E-state index is 2.51. The van der Waals surface area contributed by atoms with Gasteiger partial charge in [0.25, 0.3) is 0 Å². The van der Waals surface area contributed by atoms with Crippen LogP contribution in [0.2, 0.25) is 0 Å². The zero-order chi connectivity index (χ0) is 12.1. The molecule has 0 radical (unpaired) electrons. The summed E-state index contributed by atoms with van der Waals surface area (Å²) in [6.45, 7) is 2.44. The van der Waals surface area contributed by atoms with Crippen LogP contribution in [-0.2, 0) is 12.8 Å². The molecular formula is C18H24. The molecular weight excluding hydrogens is 216 g/mol. The Labute approximate surface area is 111 Å². The zero-order valence-corrected chi connectivity index (χ0v) is 11.5. The Kier molecular flexibility index (Phi) is 2.53. The van der Waals surface area contributed by atoms with Gasteiger partial charge in [-0.15, -0.1) is 0 Å². The average Bonchev–Trinajstić information content (AvgIpc) is 2.80. The van der Waals surface area contributed by atoms with Crippen molar-refractivity contribution in [1.29, 1.82) is 0 Å². The summed E-state index contributed by atoms with van der Waals surface area (Å²) in [6, 6.07) is 4.98. The van der Waals surface area contributed by atoms with Gasteiger partial charge in [0.15, 0.2) is 0 Å². The lowest BCUT2D eigenvalue weighted by molar-refractivity contribution is 0.275. The second-order valence-corrected chi connectivity index (χ2v) is 6.84. The van der Waals surface area contributed by atoms with Crippen LogP contribution in [0.25, 0.3) is 0 Å². The molecule has 3 aliphatic rings. The minimum Gasteiger partial charge on any atom is -0.0585 e. The van der Waals surface area contributed by atoms with E-state index in [1.165, 1.54) is 51.4 Å². The smallest absolute Gasteiger partial charge is 0.0131 e. The van der Waals surface area contributed by atoms with E-state index in [4.69, 9.17) is 0 Å². The lowest BCUT2D eigenvalue weighted by Crippen LogP contribution is -2.25. The van der Waals surface area contributed by atoms with Crippen molar-refractivity contribution >= 4 is 0 Å². The molecule has 1 aromatic rings. The van der Waals surface area contributed by atoms with Crippen molar-refractivity contribution < 1.29 is 0 Å². The molecule has 4 rings (SSSR count). The highest BCUT2D eigenvalue weighted by atomic mass is 14.4. The molecule has 3 atom stereocenters. The van der Waals surface area contributed by atoms with E-state index in [0.29, 0.717) is 0 Å². The number of hydrogen-bond donors (Lipinski definition) is 0. The van der Waals surface area contributed by atoms with E-state index >= 15 is 0 Å². The fourth-order valence-electron chi connectivity index (χ4n) is 5.00. The molecule has 1 fully saturated rings. The van der Waals surface area contributed by atoms with E-state index in [0.717, 1.165) is 17.8 Å². The summed E-state index contributed by atoms with van der Waals surface area (Å²) in [5.41, 5.74) is 7.01. The van der Waals surface area contributed by atoms with Crippen molar-refractivity contribution in [1.82, 2.24) is 0 Å². The summed E-state index contributed by atoms with van der Waals surface area (Å²) >= 11 is 0. The highest BCUT2D eigenvalue weighted by Gasteiger charge is 2.34. The molecule has 18 heavy (non-hydrogen) atoms. The summed E-state index contributed by atoms with van der Waals surface area (Å²) in [7, 11) is 0. The maximum Gasteiger partial charge on any atom is -0.0131 e. The van der Waals surface area contributed by atoms with Gasteiger partial charge in [-0.3, -0.25) is 0 Å². The van der Waals surface area contributed by atoms with Gasteiger partial charge in [0.1, 0.15) is 0 Å². The molecule has 0 amide bonds. The number of benzene rings is 1. The molecule has 1 unspecified atom stereocenters. The molecule has 0 heteroatoms. The van der Waals surface area contributed by atoms with Gasteiger partial charge in [0.2, 0.25) is 0 Å². The first-order chi connectivity index (χ1) is 8.84. The Morgan fingerprint density at radius 3 is 2.78 bits per heavy atom. The first kappa shape index (κ1) is 11.1. The van der Waals surface area contributed by atoms with Crippen molar-refractivity contribution in [3.05, 3.63) is 34.4 Å². The SMILES string of the molecule is CC1CCc2ccc3c(c21)CC[C@@H]1CCCC[C@@H]31.